The van der Waals surface area contributed by atoms with Gasteiger partial charge in [0.2, 0.25) is 0 Å². The maximum atomic E-state index is 10.8. The minimum atomic E-state index is -0.863. The van der Waals surface area contributed by atoms with Crippen molar-refractivity contribution in [3.8, 4) is 0 Å². The molecule has 104 valence electrons. The van der Waals surface area contributed by atoms with Crippen molar-refractivity contribution >= 4 is 22.4 Å². The summed E-state index contributed by atoms with van der Waals surface area (Å²) in [5.41, 5.74) is 1.03. The molecule has 0 spiro atoms. The van der Waals surface area contributed by atoms with Gasteiger partial charge in [0.1, 0.15) is 0 Å². The second-order valence-corrected chi connectivity index (χ2v) is 5.11. The Hall–Kier alpha value is -2.07. The molecular formula is C16H17NO3. The van der Waals surface area contributed by atoms with Gasteiger partial charge >= 0.3 is 5.97 Å². The Kier molecular flexibility index (Phi) is 3.56. The summed E-state index contributed by atoms with van der Waals surface area (Å²) in [6.07, 6.45) is 0.720. The number of carboxylic acid groups (broad SMARTS) is 1. The van der Waals surface area contributed by atoms with Crippen LogP contribution >= 0.6 is 0 Å². The van der Waals surface area contributed by atoms with Gasteiger partial charge in [0, 0.05) is 12.2 Å². The van der Waals surface area contributed by atoms with Crippen LogP contribution in [0.25, 0.3) is 10.8 Å². The number of anilines is 1. The average molecular weight is 271 g/mol. The number of carboxylic acids is 1. The molecule has 2 aromatic carbocycles. The first-order valence-corrected chi connectivity index (χ1v) is 6.83. The fourth-order valence-electron chi connectivity index (χ4n) is 2.57. The molecule has 20 heavy (non-hydrogen) atoms. The maximum absolute atomic E-state index is 10.8. The van der Waals surface area contributed by atoms with Crippen LogP contribution in [0.15, 0.2) is 42.5 Å². The fourth-order valence-corrected chi connectivity index (χ4v) is 2.57. The first-order valence-electron chi connectivity index (χ1n) is 6.83. The number of fused-ring (bicyclic) bond motifs is 1. The lowest BCUT2D eigenvalue weighted by Gasteiger charge is -2.13. The molecule has 0 saturated carbocycles. The molecular weight excluding hydrogens is 254 g/mol. The molecule has 1 heterocycles. The molecule has 2 N–H and O–H groups in total. The van der Waals surface area contributed by atoms with E-state index in [4.69, 9.17) is 9.84 Å². The van der Waals surface area contributed by atoms with Crippen molar-refractivity contribution in [3.63, 3.8) is 0 Å². The second-order valence-electron chi connectivity index (χ2n) is 5.11. The molecule has 3 rings (SSSR count). The molecule has 0 bridgehead atoms. The van der Waals surface area contributed by atoms with Crippen molar-refractivity contribution in [2.75, 3.05) is 11.9 Å². The van der Waals surface area contributed by atoms with Crippen molar-refractivity contribution in [2.45, 2.75) is 25.0 Å². The van der Waals surface area contributed by atoms with Crippen molar-refractivity contribution in [1.82, 2.24) is 0 Å². The molecule has 0 amide bonds. The Morgan fingerprint density at radius 2 is 2.00 bits per heavy atom. The minimum Gasteiger partial charge on any atom is -0.479 e. The maximum Gasteiger partial charge on any atom is 0.332 e. The Labute approximate surface area is 117 Å². The number of rotatable bonds is 4. The van der Waals surface area contributed by atoms with Gasteiger partial charge in [-0.25, -0.2) is 4.79 Å². The van der Waals surface area contributed by atoms with E-state index >= 15 is 0 Å². The molecule has 4 heteroatoms. The summed E-state index contributed by atoms with van der Waals surface area (Å²) in [4.78, 5) is 10.8. The summed E-state index contributed by atoms with van der Waals surface area (Å²) in [6.45, 7) is 0.641. The summed E-state index contributed by atoms with van der Waals surface area (Å²) >= 11 is 0. The highest BCUT2D eigenvalue weighted by Crippen LogP contribution is 2.22. The minimum absolute atomic E-state index is 0.0254. The summed E-state index contributed by atoms with van der Waals surface area (Å²) in [5, 5.41) is 14.6. The van der Waals surface area contributed by atoms with E-state index in [0.29, 0.717) is 13.0 Å². The fraction of sp³-hybridized carbons (Fsp3) is 0.312. The first-order chi connectivity index (χ1) is 9.72. The number of ether oxygens (including phenoxy) is 1. The number of hydrogen-bond acceptors (Lipinski definition) is 3. The van der Waals surface area contributed by atoms with E-state index in [9.17, 15) is 4.79 Å². The van der Waals surface area contributed by atoms with E-state index in [1.54, 1.807) is 0 Å². The smallest absolute Gasteiger partial charge is 0.332 e. The number of nitrogens with one attached hydrogen (secondary N) is 1. The molecule has 1 saturated heterocycles. The highest BCUT2D eigenvalue weighted by Gasteiger charge is 2.30. The van der Waals surface area contributed by atoms with E-state index in [-0.39, 0.29) is 6.10 Å². The first kappa shape index (κ1) is 12.9. The van der Waals surface area contributed by atoms with E-state index in [1.165, 1.54) is 10.8 Å². The van der Waals surface area contributed by atoms with Gasteiger partial charge < -0.3 is 15.2 Å². The largest absolute Gasteiger partial charge is 0.479 e. The van der Waals surface area contributed by atoms with Gasteiger partial charge in [-0.3, -0.25) is 0 Å². The number of aliphatic carboxylic acids is 1. The molecule has 0 aliphatic carbocycles. The number of hydrogen-bond donors (Lipinski definition) is 2. The lowest BCUT2D eigenvalue weighted by Crippen LogP contribution is -2.24. The molecule has 0 radical (unpaired) electrons. The van der Waals surface area contributed by atoms with E-state index < -0.39 is 12.1 Å². The molecule has 2 aromatic rings. The predicted molar refractivity (Wildman–Crippen MR) is 78.0 cm³/mol. The van der Waals surface area contributed by atoms with Gasteiger partial charge in [-0.1, -0.05) is 30.3 Å². The molecule has 1 aliphatic rings. The average Bonchev–Trinajstić information content (AvgIpc) is 2.94. The van der Waals surface area contributed by atoms with Crippen LogP contribution in [-0.4, -0.2) is 29.8 Å². The normalized spacial score (nSPS) is 22.0. The standard InChI is InChI=1S/C16H17NO3/c18-16(19)15-8-7-14(20-15)10-17-13-6-5-11-3-1-2-4-12(11)9-13/h1-6,9,14-15,17H,7-8,10H2,(H,18,19). The topological polar surface area (TPSA) is 58.6 Å². The van der Waals surface area contributed by atoms with Crippen molar-refractivity contribution < 1.29 is 14.6 Å². The molecule has 4 nitrogen and oxygen atoms in total. The van der Waals surface area contributed by atoms with Crippen LogP contribution in [0.5, 0.6) is 0 Å². The second kappa shape index (κ2) is 5.51. The highest BCUT2D eigenvalue weighted by molar-refractivity contribution is 5.85. The Morgan fingerprint density at radius 1 is 1.20 bits per heavy atom. The number of carbonyl (C=O) groups is 1. The molecule has 1 fully saturated rings. The zero-order valence-electron chi connectivity index (χ0n) is 11.1. The monoisotopic (exact) mass is 271 g/mol. The van der Waals surface area contributed by atoms with E-state index in [0.717, 1.165) is 12.1 Å². The van der Waals surface area contributed by atoms with Crippen molar-refractivity contribution in [1.29, 1.82) is 0 Å². The summed E-state index contributed by atoms with van der Waals surface area (Å²) in [7, 11) is 0. The summed E-state index contributed by atoms with van der Waals surface area (Å²) in [6, 6.07) is 14.4. The van der Waals surface area contributed by atoms with Gasteiger partial charge in [-0.15, -0.1) is 0 Å². The quantitative estimate of drug-likeness (QED) is 0.897. The summed E-state index contributed by atoms with van der Waals surface area (Å²) in [5.74, 6) is -0.863. The Morgan fingerprint density at radius 3 is 2.75 bits per heavy atom. The Bertz CT molecular complexity index is 626. The zero-order chi connectivity index (χ0) is 13.9. The van der Waals surface area contributed by atoms with Crippen molar-refractivity contribution in [3.05, 3.63) is 42.5 Å². The van der Waals surface area contributed by atoms with Crippen LogP contribution in [0.2, 0.25) is 0 Å². The highest BCUT2D eigenvalue weighted by atomic mass is 16.5. The van der Waals surface area contributed by atoms with Gasteiger partial charge in [0.25, 0.3) is 0 Å². The van der Waals surface area contributed by atoms with Crippen LogP contribution < -0.4 is 5.32 Å². The number of benzene rings is 2. The third-order valence-electron chi connectivity index (χ3n) is 3.67. The van der Waals surface area contributed by atoms with Gasteiger partial charge in [0.05, 0.1) is 6.10 Å². The zero-order valence-corrected chi connectivity index (χ0v) is 11.1. The molecule has 2 atom stereocenters. The van der Waals surface area contributed by atoms with Crippen LogP contribution in [0.3, 0.4) is 0 Å². The van der Waals surface area contributed by atoms with Crippen LogP contribution in [-0.2, 0) is 9.53 Å². The lowest BCUT2D eigenvalue weighted by atomic mass is 10.1. The predicted octanol–water partition coefficient (Wildman–Crippen LogP) is 2.88. The van der Waals surface area contributed by atoms with Crippen molar-refractivity contribution in [2.24, 2.45) is 0 Å². The molecule has 0 aromatic heterocycles. The SMILES string of the molecule is O=C(O)C1CCC(CNc2ccc3ccccc3c2)O1. The molecule has 2 unspecified atom stereocenters. The van der Waals surface area contributed by atoms with Crippen LogP contribution in [0.4, 0.5) is 5.69 Å². The van der Waals surface area contributed by atoms with Crippen LogP contribution in [0, 0.1) is 0 Å². The lowest BCUT2D eigenvalue weighted by molar-refractivity contribution is -0.149. The van der Waals surface area contributed by atoms with E-state index in [1.807, 2.05) is 18.2 Å². The summed E-state index contributed by atoms with van der Waals surface area (Å²) < 4.78 is 5.47. The van der Waals surface area contributed by atoms with Crippen LogP contribution in [0.1, 0.15) is 12.8 Å². The Balaban J connectivity index is 1.61. The van der Waals surface area contributed by atoms with Gasteiger partial charge in [-0.2, -0.15) is 0 Å². The third kappa shape index (κ3) is 2.75. The van der Waals surface area contributed by atoms with Gasteiger partial charge in [0.15, 0.2) is 6.10 Å². The van der Waals surface area contributed by atoms with Gasteiger partial charge in [-0.05, 0) is 35.7 Å². The third-order valence-corrected chi connectivity index (χ3v) is 3.67. The van der Waals surface area contributed by atoms with E-state index in [2.05, 4.69) is 29.6 Å². The molecule has 1 aliphatic heterocycles.